The molecule has 1 aliphatic rings. The molecule has 15 heavy (non-hydrogen) atoms. The van der Waals surface area contributed by atoms with Gasteiger partial charge in [0.1, 0.15) is 0 Å². The van der Waals surface area contributed by atoms with Gasteiger partial charge in [-0.2, -0.15) is 0 Å². The van der Waals surface area contributed by atoms with Crippen LogP contribution in [0.2, 0.25) is 0 Å². The van der Waals surface area contributed by atoms with Gasteiger partial charge in [-0.1, -0.05) is 44.6 Å². The fraction of sp³-hybridized carbons (Fsp3) is 0.714. The van der Waals surface area contributed by atoms with Crippen LogP contribution in [0.1, 0.15) is 41.0 Å². The highest BCUT2D eigenvalue weighted by Gasteiger charge is 2.32. The van der Waals surface area contributed by atoms with Crippen molar-refractivity contribution in [1.82, 2.24) is 0 Å². The third-order valence-electron chi connectivity index (χ3n) is 4.03. The number of aliphatic hydroxyl groups is 1. The Morgan fingerprint density at radius 1 is 1.47 bits per heavy atom. The fourth-order valence-electron chi connectivity index (χ4n) is 1.94. The first-order valence-corrected chi connectivity index (χ1v) is 5.89. The van der Waals surface area contributed by atoms with Crippen LogP contribution in [0.3, 0.4) is 0 Å². The van der Waals surface area contributed by atoms with Crippen molar-refractivity contribution in [1.29, 1.82) is 0 Å². The van der Waals surface area contributed by atoms with Gasteiger partial charge in [0.15, 0.2) is 0 Å². The van der Waals surface area contributed by atoms with Gasteiger partial charge >= 0.3 is 0 Å². The molecule has 86 valence electrons. The Morgan fingerprint density at radius 2 is 2.07 bits per heavy atom. The van der Waals surface area contributed by atoms with E-state index in [1.165, 1.54) is 5.57 Å². The van der Waals surface area contributed by atoms with Crippen molar-refractivity contribution in [3.63, 3.8) is 0 Å². The van der Waals surface area contributed by atoms with Gasteiger partial charge in [0.05, 0.1) is 6.10 Å². The van der Waals surface area contributed by atoms with Gasteiger partial charge in [-0.25, -0.2) is 0 Å². The van der Waals surface area contributed by atoms with E-state index in [0.29, 0.717) is 5.92 Å². The van der Waals surface area contributed by atoms with Gasteiger partial charge in [-0.05, 0) is 37.5 Å². The minimum atomic E-state index is -0.250. The average Bonchev–Trinajstić information content (AvgIpc) is 2.39. The van der Waals surface area contributed by atoms with Crippen LogP contribution in [-0.2, 0) is 0 Å². The molecule has 0 radical (unpaired) electrons. The molecular weight excluding hydrogens is 184 g/mol. The third-order valence-corrected chi connectivity index (χ3v) is 4.03. The summed E-state index contributed by atoms with van der Waals surface area (Å²) in [5.74, 6) is 0.848. The summed E-state index contributed by atoms with van der Waals surface area (Å²) in [6.45, 7) is 10.7. The monoisotopic (exact) mass is 208 g/mol. The minimum Gasteiger partial charge on any atom is -0.393 e. The molecule has 1 N–H and O–H groups in total. The summed E-state index contributed by atoms with van der Waals surface area (Å²) in [5, 5.41) is 9.41. The predicted molar refractivity (Wildman–Crippen MR) is 65.6 cm³/mol. The number of hydrogen-bond acceptors (Lipinski definition) is 1. The second-order valence-electron chi connectivity index (χ2n) is 5.44. The number of aliphatic hydroxyl groups excluding tert-OH is 1. The molecule has 3 atom stereocenters. The topological polar surface area (TPSA) is 20.2 Å². The van der Waals surface area contributed by atoms with Crippen LogP contribution in [0.25, 0.3) is 0 Å². The lowest BCUT2D eigenvalue weighted by atomic mass is 9.77. The maximum atomic E-state index is 9.41. The smallest absolute Gasteiger partial charge is 0.0572 e. The molecule has 0 spiro atoms. The average molecular weight is 208 g/mol. The lowest BCUT2D eigenvalue weighted by Gasteiger charge is -2.27. The molecule has 0 fully saturated rings. The molecule has 0 aromatic heterocycles. The molecule has 3 unspecified atom stereocenters. The zero-order valence-electron chi connectivity index (χ0n) is 10.6. The van der Waals surface area contributed by atoms with E-state index in [1.54, 1.807) is 0 Å². The van der Waals surface area contributed by atoms with Crippen molar-refractivity contribution >= 4 is 0 Å². The van der Waals surface area contributed by atoms with Crippen LogP contribution in [0.4, 0.5) is 0 Å². The van der Waals surface area contributed by atoms with Crippen LogP contribution in [0.5, 0.6) is 0 Å². The Labute approximate surface area is 93.9 Å². The minimum absolute atomic E-state index is 0.250. The number of rotatable bonds is 3. The molecule has 0 amide bonds. The Balaban J connectivity index is 2.62. The first kappa shape index (κ1) is 12.5. The standard InChI is InChI=1S/C14H24O/c1-10(12(3)15)6-8-13-9-7-11(2)14(13,4)5/h6-8,10,12-13,15H,9H2,1-5H3. The van der Waals surface area contributed by atoms with Crippen molar-refractivity contribution in [3.8, 4) is 0 Å². The molecule has 0 heterocycles. The highest BCUT2D eigenvalue weighted by Crippen LogP contribution is 2.43. The van der Waals surface area contributed by atoms with Crippen LogP contribution < -0.4 is 0 Å². The molecule has 1 rings (SSSR count). The second-order valence-corrected chi connectivity index (χ2v) is 5.44. The summed E-state index contributed by atoms with van der Waals surface area (Å²) in [4.78, 5) is 0. The van der Waals surface area contributed by atoms with Crippen LogP contribution in [-0.4, -0.2) is 11.2 Å². The number of allylic oxidation sites excluding steroid dienone is 3. The van der Waals surface area contributed by atoms with Gasteiger partial charge in [0, 0.05) is 0 Å². The van der Waals surface area contributed by atoms with Crippen LogP contribution in [0, 0.1) is 17.3 Å². The summed E-state index contributed by atoms with van der Waals surface area (Å²) in [6.07, 6.45) is 7.66. The molecule has 0 aromatic carbocycles. The zero-order chi connectivity index (χ0) is 11.6. The fourth-order valence-corrected chi connectivity index (χ4v) is 1.94. The summed E-state index contributed by atoms with van der Waals surface area (Å²) < 4.78 is 0. The molecule has 1 heteroatoms. The molecular formula is C14H24O. The van der Waals surface area contributed by atoms with E-state index in [1.807, 2.05) is 6.92 Å². The molecule has 0 saturated carbocycles. The maximum Gasteiger partial charge on any atom is 0.0572 e. The Kier molecular flexibility index (Phi) is 3.77. The molecule has 1 aliphatic carbocycles. The van der Waals surface area contributed by atoms with E-state index in [4.69, 9.17) is 0 Å². The summed E-state index contributed by atoms with van der Waals surface area (Å²) in [6, 6.07) is 0. The largest absolute Gasteiger partial charge is 0.393 e. The second kappa shape index (κ2) is 4.52. The van der Waals surface area contributed by atoms with Gasteiger partial charge in [0.2, 0.25) is 0 Å². The Morgan fingerprint density at radius 3 is 2.47 bits per heavy atom. The third kappa shape index (κ3) is 2.72. The van der Waals surface area contributed by atoms with E-state index in [-0.39, 0.29) is 17.4 Å². The maximum absolute atomic E-state index is 9.41. The summed E-state index contributed by atoms with van der Waals surface area (Å²) in [7, 11) is 0. The lowest BCUT2D eigenvalue weighted by Crippen LogP contribution is -2.19. The van der Waals surface area contributed by atoms with Crippen LogP contribution >= 0.6 is 0 Å². The molecule has 0 saturated heterocycles. The molecule has 0 bridgehead atoms. The number of hydrogen-bond donors (Lipinski definition) is 1. The van der Waals surface area contributed by atoms with Gasteiger partial charge < -0.3 is 5.11 Å². The van der Waals surface area contributed by atoms with Gasteiger partial charge in [-0.3, -0.25) is 0 Å². The zero-order valence-corrected chi connectivity index (χ0v) is 10.6. The molecule has 1 nitrogen and oxygen atoms in total. The van der Waals surface area contributed by atoms with Gasteiger partial charge in [-0.15, -0.1) is 0 Å². The predicted octanol–water partition coefficient (Wildman–Crippen LogP) is 3.55. The van der Waals surface area contributed by atoms with E-state index in [2.05, 4.69) is 45.9 Å². The quantitative estimate of drug-likeness (QED) is 0.703. The normalized spacial score (nSPS) is 29.2. The van der Waals surface area contributed by atoms with Crippen molar-refractivity contribution in [2.75, 3.05) is 0 Å². The SMILES string of the molecule is CC1=CCC(C=CC(C)C(C)O)C1(C)C. The molecule has 0 aliphatic heterocycles. The van der Waals surface area contributed by atoms with E-state index >= 15 is 0 Å². The first-order valence-electron chi connectivity index (χ1n) is 5.89. The van der Waals surface area contributed by atoms with Crippen LogP contribution in [0.15, 0.2) is 23.8 Å². The Hall–Kier alpha value is -0.560. The first-order chi connectivity index (χ1) is 6.85. The van der Waals surface area contributed by atoms with Crippen molar-refractivity contribution in [2.24, 2.45) is 17.3 Å². The van der Waals surface area contributed by atoms with E-state index < -0.39 is 0 Å². The van der Waals surface area contributed by atoms with Crippen molar-refractivity contribution in [2.45, 2.75) is 47.1 Å². The highest BCUT2D eigenvalue weighted by atomic mass is 16.3. The van der Waals surface area contributed by atoms with Crippen molar-refractivity contribution < 1.29 is 5.11 Å². The summed E-state index contributed by atoms with van der Waals surface area (Å²) in [5.41, 5.74) is 1.77. The Bertz CT molecular complexity index is 271. The van der Waals surface area contributed by atoms with Gasteiger partial charge in [0.25, 0.3) is 0 Å². The van der Waals surface area contributed by atoms with Crippen molar-refractivity contribution in [3.05, 3.63) is 23.8 Å². The van der Waals surface area contributed by atoms with E-state index in [0.717, 1.165) is 6.42 Å². The summed E-state index contributed by atoms with van der Waals surface area (Å²) >= 11 is 0. The lowest BCUT2D eigenvalue weighted by molar-refractivity contribution is 0.156. The molecule has 0 aromatic rings. The van der Waals surface area contributed by atoms with E-state index in [9.17, 15) is 5.11 Å². The highest BCUT2D eigenvalue weighted by molar-refractivity contribution is 5.22.